The van der Waals surface area contributed by atoms with Crippen LogP contribution in [0.25, 0.3) is 0 Å². The molecule has 3 N–H and O–H groups in total. The zero-order chi connectivity index (χ0) is 24.8. The SMILES string of the molecule is C[C@@H](O)[C@H]1C(=O)N2C(C(=O)[O-])=C(C[N+](C)(C)CCCC(=O)c3ccc(O)c(O)c3F)[C@H](C)[C@H]12. The molecule has 2 heterocycles. The second-order valence-corrected chi connectivity index (χ2v) is 9.55. The number of phenolic OH excluding ortho intramolecular Hbond substituents is 2. The topological polar surface area (TPSA) is 138 Å². The van der Waals surface area contributed by atoms with E-state index >= 15 is 0 Å². The van der Waals surface area contributed by atoms with Crippen molar-refractivity contribution in [3.05, 3.63) is 34.8 Å². The number of hydrogen-bond acceptors (Lipinski definition) is 7. The van der Waals surface area contributed by atoms with Gasteiger partial charge in [0.2, 0.25) is 5.91 Å². The second kappa shape index (κ2) is 8.75. The van der Waals surface area contributed by atoms with Crippen LogP contribution in [0.1, 0.15) is 37.0 Å². The number of carbonyl (C=O) groups is 3. The first-order valence-corrected chi connectivity index (χ1v) is 10.8. The van der Waals surface area contributed by atoms with E-state index in [0.717, 1.165) is 12.1 Å². The number of nitrogens with zero attached hydrogens (tertiary/aromatic N) is 2. The molecule has 3 rings (SSSR count). The minimum atomic E-state index is -1.44. The first kappa shape index (κ1) is 24.7. The van der Waals surface area contributed by atoms with Crippen LogP contribution in [0.15, 0.2) is 23.4 Å². The van der Waals surface area contributed by atoms with E-state index in [1.165, 1.54) is 11.8 Å². The number of rotatable bonds is 9. The molecule has 1 aromatic carbocycles. The van der Waals surface area contributed by atoms with Gasteiger partial charge in [0.15, 0.2) is 23.1 Å². The van der Waals surface area contributed by atoms with Crippen molar-refractivity contribution in [2.45, 2.75) is 38.8 Å². The smallest absolute Gasteiger partial charge is 0.235 e. The summed E-state index contributed by atoms with van der Waals surface area (Å²) < 4.78 is 14.4. The molecule has 0 spiro atoms. The number of halogens is 1. The van der Waals surface area contributed by atoms with Gasteiger partial charge in [-0.2, -0.15) is 0 Å². The highest BCUT2D eigenvalue weighted by atomic mass is 19.1. The van der Waals surface area contributed by atoms with Gasteiger partial charge in [-0.25, -0.2) is 4.39 Å². The van der Waals surface area contributed by atoms with Gasteiger partial charge < -0.3 is 34.6 Å². The maximum atomic E-state index is 14.1. The molecule has 2 aliphatic heterocycles. The van der Waals surface area contributed by atoms with Gasteiger partial charge in [0.05, 0.1) is 55.9 Å². The number of carboxylic acid groups (broad SMARTS) is 1. The number of benzene rings is 1. The quantitative estimate of drug-likeness (QED) is 0.204. The second-order valence-electron chi connectivity index (χ2n) is 9.55. The summed E-state index contributed by atoms with van der Waals surface area (Å²) in [5, 5.41) is 40.6. The zero-order valence-electron chi connectivity index (χ0n) is 19.0. The number of likely N-dealkylation sites (N-methyl/N-ethyl adjacent to an activating group) is 1. The zero-order valence-corrected chi connectivity index (χ0v) is 19.0. The monoisotopic (exact) mass is 464 g/mol. The number of aromatic hydroxyl groups is 2. The summed E-state index contributed by atoms with van der Waals surface area (Å²) in [6.45, 7) is 4.08. The number of hydrogen-bond donors (Lipinski definition) is 3. The van der Waals surface area contributed by atoms with Gasteiger partial charge in [0.1, 0.15) is 6.54 Å². The third-order valence-electron chi connectivity index (χ3n) is 6.67. The number of ketones is 1. The summed E-state index contributed by atoms with van der Waals surface area (Å²) >= 11 is 0. The number of aliphatic hydroxyl groups is 1. The van der Waals surface area contributed by atoms with Crippen molar-refractivity contribution in [3.63, 3.8) is 0 Å². The molecule has 4 atom stereocenters. The Labute approximate surface area is 190 Å². The number of carbonyl (C=O) groups excluding carboxylic acids is 3. The highest BCUT2D eigenvalue weighted by Crippen LogP contribution is 2.47. The molecule has 2 aliphatic rings. The summed E-state index contributed by atoms with van der Waals surface area (Å²) in [6.07, 6.45) is -0.545. The molecule has 10 heteroatoms. The number of β-lactam (4-membered cyclic amide) rings is 1. The van der Waals surface area contributed by atoms with Gasteiger partial charge >= 0.3 is 0 Å². The van der Waals surface area contributed by atoms with Crippen LogP contribution in [0.5, 0.6) is 11.5 Å². The van der Waals surface area contributed by atoms with Crippen molar-refractivity contribution < 1.29 is 43.7 Å². The molecule has 0 aliphatic carbocycles. The van der Waals surface area contributed by atoms with Crippen LogP contribution in [0.3, 0.4) is 0 Å². The number of fused-ring (bicyclic) bond motifs is 1. The fourth-order valence-corrected chi connectivity index (χ4v) is 4.95. The fraction of sp³-hybridized carbons (Fsp3) is 0.522. The largest absolute Gasteiger partial charge is 0.543 e. The molecule has 1 fully saturated rings. The average molecular weight is 464 g/mol. The van der Waals surface area contributed by atoms with Gasteiger partial charge in [0.25, 0.3) is 0 Å². The lowest BCUT2D eigenvalue weighted by molar-refractivity contribution is -0.886. The predicted molar refractivity (Wildman–Crippen MR) is 112 cm³/mol. The van der Waals surface area contributed by atoms with E-state index < -0.39 is 53.0 Å². The lowest BCUT2D eigenvalue weighted by Gasteiger charge is -2.47. The van der Waals surface area contributed by atoms with Crippen molar-refractivity contribution in [3.8, 4) is 11.5 Å². The minimum absolute atomic E-state index is 0.0118. The van der Waals surface area contributed by atoms with Gasteiger partial charge in [0, 0.05) is 24.3 Å². The van der Waals surface area contributed by atoms with Gasteiger partial charge in [-0.3, -0.25) is 9.59 Å². The first-order chi connectivity index (χ1) is 15.3. The molecule has 180 valence electrons. The van der Waals surface area contributed by atoms with Crippen LogP contribution in [0.2, 0.25) is 0 Å². The molecule has 1 aromatic rings. The maximum Gasteiger partial charge on any atom is 0.235 e. The Kier molecular flexibility index (Phi) is 6.54. The minimum Gasteiger partial charge on any atom is -0.543 e. The Morgan fingerprint density at radius 3 is 2.48 bits per heavy atom. The van der Waals surface area contributed by atoms with Gasteiger partial charge in [-0.05, 0) is 19.1 Å². The van der Waals surface area contributed by atoms with E-state index in [9.17, 15) is 39.2 Å². The Balaban J connectivity index is 1.69. The van der Waals surface area contributed by atoms with Crippen molar-refractivity contribution in [1.82, 2.24) is 4.90 Å². The third kappa shape index (κ3) is 4.32. The predicted octanol–water partition coefficient (Wildman–Crippen LogP) is 0.138. The molecule has 0 bridgehead atoms. The average Bonchev–Trinajstić information content (AvgIpc) is 2.94. The summed E-state index contributed by atoms with van der Waals surface area (Å²) in [5.41, 5.74) is 0.106. The number of carboxylic acids is 1. The van der Waals surface area contributed by atoms with Crippen LogP contribution in [-0.4, -0.2) is 81.7 Å². The summed E-state index contributed by atoms with van der Waals surface area (Å²) in [7, 11) is 3.71. The fourth-order valence-electron chi connectivity index (χ4n) is 4.95. The highest BCUT2D eigenvalue weighted by molar-refractivity contribution is 5.99. The van der Waals surface area contributed by atoms with E-state index in [1.54, 1.807) is 0 Å². The molecule has 33 heavy (non-hydrogen) atoms. The lowest BCUT2D eigenvalue weighted by Crippen LogP contribution is -2.64. The number of amides is 1. The van der Waals surface area contributed by atoms with Gasteiger partial charge in [-0.1, -0.05) is 6.92 Å². The molecule has 0 unspecified atom stereocenters. The number of aliphatic carboxylic acids is 1. The Hall–Kier alpha value is -2.98. The van der Waals surface area contributed by atoms with E-state index in [0.29, 0.717) is 29.6 Å². The normalized spacial score (nSPS) is 23.4. The summed E-state index contributed by atoms with van der Waals surface area (Å²) in [4.78, 5) is 37.9. The van der Waals surface area contributed by atoms with E-state index in [4.69, 9.17) is 0 Å². The Morgan fingerprint density at radius 1 is 1.27 bits per heavy atom. The number of phenols is 2. The van der Waals surface area contributed by atoms with Gasteiger partial charge in [-0.15, -0.1) is 0 Å². The van der Waals surface area contributed by atoms with E-state index in [1.807, 2.05) is 21.0 Å². The van der Waals surface area contributed by atoms with Crippen molar-refractivity contribution in [2.75, 3.05) is 27.2 Å². The lowest BCUT2D eigenvalue weighted by atomic mass is 9.77. The van der Waals surface area contributed by atoms with Crippen LogP contribution >= 0.6 is 0 Å². The van der Waals surface area contributed by atoms with Crippen LogP contribution in [0.4, 0.5) is 4.39 Å². The molecule has 9 nitrogen and oxygen atoms in total. The highest BCUT2D eigenvalue weighted by Gasteiger charge is 2.59. The molecular formula is C23H29FN2O7. The molecule has 0 aromatic heterocycles. The Morgan fingerprint density at radius 2 is 1.91 bits per heavy atom. The number of quaternary nitrogens is 1. The summed E-state index contributed by atoms with van der Waals surface area (Å²) in [6, 6.07) is 1.74. The number of aliphatic hydroxyl groups excluding tert-OH is 1. The van der Waals surface area contributed by atoms with Crippen molar-refractivity contribution >= 4 is 17.7 Å². The third-order valence-corrected chi connectivity index (χ3v) is 6.67. The van der Waals surface area contributed by atoms with E-state index in [2.05, 4.69) is 0 Å². The van der Waals surface area contributed by atoms with E-state index in [-0.39, 0.29) is 23.6 Å². The summed E-state index contributed by atoms with van der Waals surface area (Å²) in [5.74, 6) is -6.10. The van der Waals surface area contributed by atoms with Crippen LogP contribution in [0, 0.1) is 17.7 Å². The first-order valence-electron chi connectivity index (χ1n) is 10.8. The van der Waals surface area contributed by atoms with Crippen molar-refractivity contribution in [2.24, 2.45) is 11.8 Å². The van der Waals surface area contributed by atoms with Crippen LogP contribution in [-0.2, 0) is 9.59 Å². The molecular weight excluding hydrogens is 435 g/mol. The Bertz CT molecular complexity index is 1030. The molecule has 1 amide bonds. The molecule has 0 radical (unpaired) electrons. The van der Waals surface area contributed by atoms with Crippen LogP contribution < -0.4 is 5.11 Å². The molecule has 1 saturated heterocycles. The van der Waals surface area contributed by atoms with Crippen molar-refractivity contribution in [1.29, 1.82) is 0 Å². The standard InChI is InChI=1S/C23H29FN2O7/c1-11-14(20(23(32)33)25-19(11)17(12(2)27)22(25)31)10-26(3,4)9-5-6-15(28)13-7-8-16(29)21(30)18(13)24/h7-8,11-12,17,19,27H,5-6,9-10H2,1-4H3,(H2-,28,29,30,32,33)/t11-,12+,17+,19+/m0/s1. The number of Topliss-reactive ketones (excluding diaryl/α,β-unsaturated/α-hetero) is 1. The maximum absolute atomic E-state index is 14.1. The molecule has 0 saturated carbocycles.